The smallest absolute Gasteiger partial charge is 0.322 e. The maximum atomic E-state index is 11.6. The van der Waals surface area contributed by atoms with Crippen molar-refractivity contribution in [2.75, 3.05) is 18.8 Å². The van der Waals surface area contributed by atoms with Crippen LogP contribution in [0.5, 0.6) is 0 Å². The molecule has 25 heavy (non-hydrogen) atoms. The van der Waals surface area contributed by atoms with Crippen LogP contribution < -0.4 is 5.32 Å². The van der Waals surface area contributed by atoms with Gasteiger partial charge in [-0.25, -0.2) is 0 Å². The monoisotopic (exact) mass is 379 g/mol. The van der Waals surface area contributed by atoms with E-state index >= 15 is 0 Å². The number of hydrogen-bond acceptors (Lipinski definition) is 6. The molecule has 8 heteroatoms. The van der Waals surface area contributed by atoms with Crippen LogP contribution in [-0.2, 0) is 23.9 Å². The number of carbonyl (C=O) groups is 2. The lowest BCUT2D eigenvalue weighted by molar-refractivity contribution is -0.137. The lowest BCUT2D eigenvalue weighted by atomic mass is 10.1. The van der Waals surface area contributed by atoms with E-state index < -0.39 is 22.1 Å². The van der Waals surface area contributed by atoms with E-state index in [9.17, 15) is 18.0 Å². The zero-order chi connectivity index (χ0) is 19.0. The SMILES string of the molecule is CCCCCCCCCCCC(=O)OS(=O)(=O)CCNCCC(=O)O. The van der Waals surface area contributed by atoms with Crippen LogP contribution in [0.4, 0.5) is 0 Å². The summed E-state index contributed by atoms with van der Waals surface area (Å²) in [5.41, 5.74) is 0. The fraction of sp³-hybridized carbons (Fsp3) is 0.882. The number of carbonyl (C=O) groups excluding carboxylic acids is 1. The maximum Gasteiger partial charge on any atom is 0.322 e. The van der Waals surface area contributed by atoms with Crippen LogP contribution in [0.15, 0.2) is 0 Å². The van der Waals surface area contributed by atoms with E-state index in [1.165, 1.54) is 32.1 Å². The van der Waals surface area contributed by atoms with Crippen LogP contribution in [0.25, 0.3) is 0 Å². The van der Waals surface area contributed by atoms with E-state index in [1.54, 1.807) is 0 Å². The number of aliphatic carboxylic acids is 1. The fourth-order valence-electron chi connectivity index (χ4n) is 2.32. The van der Waals surface area contributed by atoms with Gasteiger partial charge in [-0.2, -0.15) is 8.42 Å². The van der Waals surface area contributed by atoms with Gasteiger partial charge in [0.25, 0.3) is 0 Å². The Morgan fingerprint density at radius 1 is 0.880 bits per heavy atom. The average molecular weight is 380 g/mol. The first-order chi connectivity index (χ1) is 11.9. The predicted octanol–water partition coefficient (Wildman–Crippen LogP) is 2.84. The summed E-state index contributed by atoms with van der Waals surface area (Å²) in [6.07, 6.45) is 10.1. The highest BCUT2D eigenvalue weighted by Crippen LogP contribution is 2.11. The number of carboxylic acids is 1. The molecular formula is C17H33NO6S. The van der Waals surface area contributed by atoms with Crippen LogP contribution in [0.2, 0.25) is 0 Å². The Labute approximate surface area is 151 Å². The fourth-order valence-corrected chi connectivity index (χ4v) is 3.17. The second-order valence-electron chi connectivity index (χ2n) is 6.19. The second-order valence-corrected chi connectivity index (χ2v) is 7.88. The summed E-state index contributed by atoms with van der Waals surface area (Å²) in [6.45, 7) is 2.42. The standard InChI is InChI=1S/C17H33NO6S/c1-2-3-4-5-6-7-8-9-10-11-17(21)24-25(22,23)15-14-18-13-12-16(19)20/h18H,2-15H2,1H3,(H,19,20). The van der Waals surface area contributed by atoms with Crippen LogP contribution >= 0.6 is 0 Å². The quantitative estimate of drug-likeness (QED) is 0.295. The molecule has 0 atom stereocenters. The van der Waals surface area contributed by atoms with Crippen molar-refractivity contribution in [2.45, 2.75) is 77.6 Å². The molecular weight excluding hydrogens is 346 g/mol. The molecule has 0 aliphatic carbocycles. The minimum Gasteiger partial charge on any atom is -0.481 e. The highest BCUT2D eigenvalue weighted by molar-refractivity contribution is 7.87. The average Bonchev–Trinajstić information content (AvgIpc) is 2.52. The molecule has 0 saturated heterocycles. The van der Waals surface area contributed by atoms with Crippen LogP contribution in [0.3, 0.4) is 0 Å². The van der Waals surface area contributed by atoms with Gasteiger partial charge in [0.15, 0.2) is 0 Å². The molecule has 2 N–H and O–H groups in total. The molecule has 0 heterocycles. The Bertz CT molecular complexity index is 464. The Morgan fingerprint density at radius 3 is 2.00 bits per heavy atom. The van der Waals surface area contributed by atoms with E-state index in [0.29, 0.717) is 6.42 Å². The summed E-state index contributed by atoms with van der Waals surface area (Å²) in [5.74, 6) is -2.02. The Morgan fingerprint density at radius 2 is 1.44 bits per heavy atom. The topological polar surface area (TPSA) is 110 Å². The van der Waals surface area contributed by atoms with Crippen LogP contribution in [0, 0.1) is 0 Å². The molecule has 0 aliphatic heterocycles. The van der Waals surface area contributed by atoms with Crippen molar-refractivity contribution in [1.29, 1.82) is 0 Å². The maximum absolute atomic E-state index is 11.6. The molecule has 0 aromatic carbocycles. The van der Waals surface area contributed by atoms with E-state index in [1.807, 2.05) is 0 Å². The van der Waals surface area contributed by atoms with Gasteiger partial charge < -0.3 is 14.6 Å². The number of unbranched alkanes of at least 4 members (excludes halogenated alkanes) is 8. The summed E-state index contributed by atoms with van der Waals surface area (Å²) in [6, 6.07) is 0. The number of carboxylic acid groups (broad SMARTS) is 1. The highest BCUT2D eigenvalue weighted by atomic mass is 32.2. The van der Waals surface area contributed by atoms with Gasteiger partial charge >= 0.3 is 22.1 Å². The largest absolute Gasteiger partial charge is 0.481 e. The zero-order valence-corrected chi connectivity index (χ0v) is 16.1. The first-order valence-corrected chi connectivity index (χ1v) is 10.8. The van der Waals surface area contributed by atoms with Gasteiger partial charge in [0.05, 0.1) is 12.2 Å². The van der Waals surface area contributed by atoms with Gasteiger partial charge in [0, 0.05) is 19.5 Å². The summed E-state index contributed by atoms with van der Waals surface area (Å²) in [7, 11) is -3.90. The van der Waals surface area contributed by atoms with Crippen LogP contribution in [-0.4, -0.2) is 44.3 Å². The predicted molar refractivity (Wildman–Crippen MR) is 96.8 cm³/mol. The van der Waals surface area contributed by atoms with Gasteiger partial charge in [0.2, 0.25) is 0 Å². The third-order valence-corrected chi connectivity index (χ3v) is 4.89. The first kappa shape index (κ1) is 23.9. The molecule has 7 nitrogen and oxygen atoms in total. The minimum atomic E-state index is -3.90. The van der Waals surface area contributed by atoms with Crippen molar-refractivity contribution >= 4 is 22.1 Å². The lowest BCUT2D eigenvalue weighted by Crippen LogP contribution is -2.27. The van der Waals surface area contributed by atoms with Gasteiger partial charge in [-0.05, 0) is 6.42 Å². The molecule has 0 aromatic rings. The molecule has 0 aromatic heterocycles. The van der Waals surface area contributed by atoms with Gasteiger partial charge in [-0.3, -0.25) is 9.59 Å². The highest BCUT2D eigenvalue weighted by Gasteiger charge is 2.16. The van der Waals surface area contributed by atoms with E-state index in [-0.39, 0.29) is 31.7 Å². The van der Waals surface area contributed by atoms with Crippen molar-refractivity contribution in [3.05, 3.63) is 0 Å². The lowest BCUT2D eigenvalue weighted by Gasteiger charge is -2.06. The summed E-state index contributed by atoms with van der Waals surface area (Å²) in [5, 5.41) is 11.1. The van der Waals surface area contributed by atoms with Crippen molar-refractivity contribution in [1.82, 2.24) is 5.32 Å². The van der Waals surface area contributed by atoms with E-state index in [2.05, 4.69) is 16.4 Å². The van der Waals surface area contributed by atoms with Crippen molar-refractivity contribution in [3.63, 3.8) is 0 Å². The summed E-state index contributed by atoms with van der Waals surface area (Å²) < 4.78 is 27.7. The first-order valence-electron chi connectivity index (χ1n) is 9.25. The zero-order valence-electron chi connectivity index (χ0n) is 15.3. The molecule has 0 spiro atoms. The molecule has 0 amide bonds. The molecule has 148 valence electrons. The Hall–Kier alpha value is -1.15. The minimum absolute atomic E-state index is 0.0565. The van der Waals surface area contributed by atoms with Crippen LogP contribution in [0.1, 0.15) is 77.6 Å². The second kappa shape index (κ2) is 15.1. The molecule has 0 bridgehead atoms. The Balaban J connectivity index is 3.61. The Kier molecular flexibility index (Phi) is 14.4. The molecule has 0 aliphatic rings. The number of hydrogen-bond donors (Lipinski definition) is 2. The third-order valence-electron chi connectivity index (χ3n) is 3.75. The molecule has 0 fully saturated rings. The van der Waals surface area contributed by atoms with E-state index in [0.717, 1.165) is 19.3 Å². The summed E-state index contributed by atoms with van der Waals surface area (Å²) in [4.78, 5) is 21.8. The van der Waals surface area contributed by atoms with Gasteiger partial charge in [0.1, 0.15) is 0 Å². The third kappa shape index (κ3) is 17.5. The van der Waals surface area contributed by atoms with E-state index in [4.69, 9.17) is 5.11 Å². The van der Waals surface area contributed by atoms with Crippen molar-refractivity contribution in [2.24, 2.45) is 0 Å². The normalized spacial score (nSPS) is 11.4. The van der Waals surface area contributed by atoms with Gasteiger partial charge in [-0.1, -0.05) is 58.3 Å². The number of nitrogens with one attached hydrogen (secondary N) is 1. The molecule has 0 rings (SSSR count). The van der Waals surface area contributed by atoms with Gasteiger partial charge in [-0.15, -0.1) is 0 Å². The molecule has 0 saturated carbocycles. The summed E-state index contributed by atoms with van der Waals surface area (Å²) >= 11 is 0. The number of rotatable bonds is 17. The van der Waals surface area contributed by atoms with Crippen molar-refractivity contribution < 1.29 is 27.3 Å². The molecule has 0 unspecified atom stereocenters. The van der Waals surface area contributed by atoms with Crippen molar-refractivity contribution in [3.8, 4) is 0 Å². The molecule has 0 radical (unpaired) electrons.